The highest BCUT2D eigenvalue weighted by Gasteiger charge is 2.36. The fourth-order valence-corrected chi connectivity index (χ4v) is 3.50. The maximum Gasteiger partial charge on any atom is 0.116 e. The van der Waals surface area contributed by atoms with Crippen LogP contribution in [0, 0.1) is 13.8 Å². The normalized spacial score (nSPS) is 15.5. The lowest BCUT2D eigenvalue weighted by molar-refractivity contribution is -0.133. The van der Waals surface area contributed by atoms with Crippen molar-refractivity contribution in [2.75, 3.05) is 6.61 Å². The molecule has 0 spiro atoms. The monoisotopic (exact) mass is 488 g/mol. The number of aliphatic hydroxyl groups excluding tert-OH is 6. The van der Waals surface area contributed by atoms with Crippen molar-refractivity contribution >= 4 is 34.2 Å². The summed E-state index contributed by atoms with van der Waals surface area (Å²) in [5, 5.41) is 60.1. The summed E-state index contributed by atoms with van der Waals surface area (Å²) in [5.41, 5.74) is 6.22. The van der Waals surface area contributed by atoms with Crippen molar-refractivity contribution in [1.29, 1.82) is 0 Å². The van der Waals surface area contributed by atoms with Gasteiger partial charge < -0.3 is 30.6 Å². The molecule has 2 aromatic rings. The zero-order valence-corrected chi connectivity index (χ0v) is 19.9. The molecule has 6 nitrogen and oxygen atoms in total. The predicted molar refractivity (Wildman–Crippen MR) is 134 cm³/mol. The summed E-state index contributed by atoms with van der Waals surface area (Å²) in [7, 11) is 0. The highest BCUT2D eigenvalue weighted by Crippen LogP contribution is 2.20. The van der Waals surface area contributed by atoms with Crippen LogP contribution in [0.3, 0.4) is 0 Å². The molecule has 5 atom stereocenters. The topological polar surface area (TPSA) is 121 Å². The lowest BCUT2D eigenvalue weighted by Gasteiger charge is -2.29. The Morgan fingerprint density at radius 1 is 0.788 bits per heavy atom. The van der Waals surface area contributed by atoms with Crippen LogP contribution >= 0.6 is 24.4 Å². The van der Waals surface area contributed by atoms with Crippen molar-refractivity contribution < 1.29 is 30.6 Å². The van der Waals surface area contributed by atoms with Crippen molar-refractivity contribution in [1.82, 2.24) is 0 Å². The van der Waals surface area contributed by atoms with Crippen molar-refractivity contribution in [3.05, 3.63) is 88.2 Å². The average Bonchev–Trinajstić information content (AvgIpc) is 2.82. The highest BCUT2D eigenvalue weighted by atomic mass is 32.1. The molecule has 0 amide bonds. The van der Waals surface area contributed by atoms with E-state index in [4.69, 9.17) is 29.5 Å². The minimum absolute atomic E-state index is 0.0273. The Morgan fingerprint density at radius 3 is 1.76 bits per heavy atom. The van der Waals surface area contributed by atoms with Gasteiger partial charge in [0.2, 0.25) is 0 Å². The molecule has 0 heterocycles. The van der Waals surface area contributed by atoms with Crippen LogP contribution in [0.1, 0.15) is 22.3 Å². The first-order valence-corrected chi connectivity index (χ1v) is 11.1. The van der Waals surface area contributed by atoms with E-state index in [1.165, 1.54) is 6.08 Å². The van der Waals surface area contributed by atoms with E-state index in [2.05, 4.69) is 5.73 Å². The van der Waals surface area contributed by atoms with E-state index in [0.29, 0.717) is 10.4 Å². The molecule has 0 bridgehead atoms. The summed E-state index contributed by atoms with van der Waals surface area (Å²) in [6.45, 7) is 3.02. The minimum atomic E-state index is -1.97. The Labute approximate surface area is 203 Å². The average molecular weight is 489 g/mol. The maximum atomic E-state index is 10.8. The quantitative estimate of drug-likeness (QED) is 0.128. The summed E-state index contributed by atoms with van der Waals surface area (Å²) in [5.74, 6) is 0. The first kappa shape index (κ1) is 27.1. The largest absolute Gasteiger partial charge is 0.394 e. The molecule has 0 saturated heterocycles. The summed E-state index contributed by atoms with van der Waals surface area (Å²) in [6.07, 6.45) is -7.84. The Morgan fingerprint density at radius 2 is 1.27 bits per heavy atom. The van der Waals surface area contributed by atoms with Gasteiger partial charge in [-0.05, 0) is 31.1 Å². The van der Waals surface area contributed by atoms with E-state index in [0.717, 1.165) is 16.7 Å². The van der Waals surface area contributed by atoms with Crippen molar-refractivity contribution in [2.45, 2.75) is 44.4 Å². The number of benzene rings is 2. The fraction of sp³-hybridized carbons (Fsp3) is 0.320. The standard InChI is InChI=1S/C25H28O6S2/c1-14-3-7-16(8-4-14)20(32)12-11-18(25(33)17-9-5-15(2)6-10-17)21(28)23(30)24(31)22(29)19(27)13-26/h3-10,12,19,21-24,26-31H,13H2,1-2H3/t11?,19-,21?,22+,23+,24-/m0/s1. The molecular weight excluding hydrogens is 460 g/mol. The van der Waals surface area contributed by atoms with Gasteiger partial charge in [-0.2, -0.15) is 0 Å². The smallest absolute Gasteiger partial charge is 0.116 e. The Bertz CT molecular complexity index is 1030. The van der Waals surface area contributed by atoms with E-state index in [-0.39, 0.29) is 10.4 Å². The van der Waals surface area contributed by atoms with Gasteiger partial charge >= 0.3 is 0 Å². The second-order valence-electron chi connectivity index (χ2n) is 7.79. The second kappa shape index (κ2) is 12.4. The zero-order valence-electron chi connectivity index (χ0n) is 18.3. The van der Waals surface area contributed by atoms with Gasteiger partial charge in [-0.25, -0.2) is 0 Å². The number of aryl methyl sites for hydroxylation is 2. The second-order valence-corrected chi connectivity index (χ2v) is 8.64. The van der Waals surface area contributed by atoms with Crippen LogP contribution in [0.15, 0.2) is 65.9 Å². The minimum Gasteiger partial charge on any atom is -0.394 e. The van der Waals surface area contributed by atoms with E-state index in [1.54, 1.807) is 12.1 Å². The van der Waals surface area contributed by atoms with Gasteiger partial charge in [-0.3, -0.25) is 0 Å². The molecule has 2 rings (SSSR count). The third kappa shape index (κ3) is 7.19. The fourth-order valence-electron chi connectivity index (χ4n) is 2.99. The molecule has 2 aromatic carbocycles. The van der Waals surface area contributed by atoms with E-state index < -0.39 is 37.1 Å². The first-order chi connectivity index (χ1) is 15.6. The van der Waals surface area contributed by atoms with E-state index in [9.17, 15) is 25.5 Å². The van der Waals surface area contributed by atoms with Gasteiger partial charge in [0.25, 0.3) is 0 Å². The van der Waals surface area contributed by atoms with Crippen molar-refractivity contribution in [3.8, 4) is 0 Å². The molecule has 8 heteroatoms. The third-order valence-corrected chi connectivity index (χ3v) is 5.96. The van der Waals surface area contributed by atoms with Gasteiger partial charge in [-0.15, -0.1) is 5.73 Å². The van der Waals surface area contributed by atoms with Gasteiger partial charge in [0.1, 0.15) is 30.5 Å². The molecule has 0 saturated carbocycles. The van der Waals surface area contributed by atoms with Gasteiger partial charge in [0.15, 0.2) is 0 Å². The lowest BCUT2D eigenvalue weighted by atomic mass is 9.91. The first-order valence-electron chi connectivity index (χ1n) is 10.3. The molecule has 0 aliphatic rings. The zero-order chi connectivity index (χ0) is 24.7. The van der Waals surface area contributed by atoms with Crippen LogP contribution in [0.25, 0.3) is 0 Å². The number of hydrogen-bond acceptors (Lipinski definition) is 8. The highest BCUT2D eigenvalue weighted by molar-refractivity contribution is 7.81. The molecule has 0 aliphatic carbocycles. The van der Waals surface area contributed by atoms with Gasteiger partial charge in [0, 0.05) is 5.57 Å². The number of hydrogen-bond donors (Lipinski definition) is 6. The summed E-state index contributed by atoms with van der Waals surface area (Å²) in [4.78, 5) is 0.575. The molecular formula is C25H28O6S2. The molecule has 176 valence electrons. The van der Waals surface area contributed by atoms with Crippen LogP contribution in [-0.4, -0.2) is 77.5 Å². The van der Waals surface area contributed by atoms with E-state index >= 15 is 0 Å². The number of rotatable bonds is 10. The molecule has 0 fully saturated rings. The van der Waals surface area contributed by atoms with Gasteiger partial charge in [0.05, 0.1) is 16.3 Å². The SMILES string of the molecule is Cc1ccc(C(=S)C=C=C(C(=S)c2ccc(C)cc2)C(O)[C@@H](O)[C@@H](O)[C@H](O)[C@@H](O)CO)cc1. The summed E-state index contributed by atoms with van der Waals surface area (Å²) in [6, 6.07) is 14.7. The Kier molecular flexibility index (Phi) is 10.2. The molecule has 0 radical (unpaired) electrons. The lowest BCUT2D eigenvalue weighted by Crippen LogP contribution is -2.50. The Hall–Kier alpha value is -2.10. The summed E-state index contributed by atoms with van der Waals surface area (Å²) >= 11 is 11.0. The molecule has 0 aromatic heterocycles. The third-order valence-electron chi connectivity index (χ3n) is 5.15. The molecule has 6 N–H and O–H groups in total. The predicted octanol–water partition coefficient (Wildman–Crippen LogP) is 1.32. The van der Waals surface area contributed by atoms with Gasteiger partial charge in [-0.1, -0.05) is 84.1 Å². The van der Waals surface area contributed by atoms with Crippen LogP contribution in [0.2, 0.25) is 0 Å². The van der Waals surface area contributed by atoms with Crippen molar-refractivity contribution in [2.24, 2.45) is 0 Å². The molecule has 33 heavy (non-hydrogen) atoms. The molecule has 0 aliphatic heterocycles. The Balaban J connectivity index is 2.46. The number of aliphatic hydroxyl groups is 6. The van der Waals surface area contributed by atoms with Crippen molar-refractivity contribution in [3.63, 3.8) is 0 Å². The van der Waals surface area contributed by atoms with E-state index in [1.807, 2.05) is 50.2 Å². The maximum absolute atomic E-state index is 10.8. The molecule has 1 unspecified atom stereocenters. The number of thiocarbonyl (C=S) groups is 2. The van der Waals surface area contributed by atoms with Crippen LogP contribution in [0.4, 0.5) is 0 Å². The van der Waals surface area contributed by atoms with Crippen LogP contribution < -0.4 is 0 Å². The van der Waals surface area contributed by atoms with Crippen LogP contribution in [0.5, 0.6) is 0 Å². The summed E-state index contributed by atoms with van der Waals surface area (Å²) < 4.78 is 0. The van der Waals surface area contributed by atoms with Crippen LogP contribution in [-0.2, 0) is 0 Å².